The van der Waals surface area contributed by atoms with Crippen molar-refractivity contribution in [1.29, 1.82) is 0 Å². The van der Waals surface area contributed by atoms with E-state index in [0.29, 0.717) is 6.61 Å². The largest absolute Gasteiger partial charge is 0.466 e. The number of carbonyl (C=O) groups is 1. The number of aliphatic hydroxyl groups is 1. The van der Waals surface area contributed by atoms with Gasteiger partial charge in [-0.05, 0) is 19.8 Å². The molecule has 0 aromatic heterocycles. The molecule has 0 bridgehead atoms. The third kappa shape index (κ3) is 3.22. The first kappa shape index (κ1) is 11.4. The molecule has 0 unspecified atom stereocenters. The summed E-state index contributed by atoms with van der Waals surface area (Å²) in [5.41, 5.74) is 0. The van der Waals surface area contributed by atoms with E-state index in [4.69, 9.17) is 4.74 Å². The Morgan fingerprint density at radius 2 is 1.92 bits per heavy atom. The maximum atomic E-state index is 11.1. The summed E-state index contributed by atoms with van der Waals surface area (Å²) >= 11 is 0. The molecule has 0 aromatic carbocycles. The SMILES string of the molecule is CCOC(=O)[C@H](C)[C@@H](O)C(C)C. The van der Waals surface area contributed by atoms with Gasteiger partial charge in [-0.15, -0.1) is 0 Å². The molecular weight excluding hydrogens is 156 g/mol. The molecule has 2 atom stereocenters. The van der Waals surface area contributed by atoms with Crippen LogP contribution in [0.5, 0.6) is 0 Å². The second-order valence-electron chi connectivity index (χ2n) is 3.28. The molecule has 0 radical (unpaired) electrons. The van der Waals surface area contributed by atoms with Crippen LogP contribution in [0.15, 0.2) is 0 Å². The first-order valence-corrected chi connectivity index (χ1v) is 4.35. The van der Waals surface area contributed by atoms with E-state index in [1.54, 1.807) is 13.8 Å². The fourth-order valence-corrected chi connectivity index (χ4v) is 0.990. The molecule has 0 aliphatic heterocycles. The monoisotopic (exact) mass is 174 g/mol. The zero-order valence-electron chi connectivity index (χ0n) is 8.20. The van der Waals surface area contributed by atoms with Gasteiger partial charge >= 0.3 is 5.97 Å². The summed E-state index contributed by atoms with van der Waals surface area (Å²) in [6.07, 6.45) is -0.607. The van der Waals surface area contributed by atoms with Crippen LogP contribution in [-0.4, -0.2) is 23.8 Å². The van der Waals surface area contributed by atoms with Crippen molar-refractivity contribution in [2.24, 2.45) is 11.8 Å². The normalized spacial score (nSPS) is 15.8. The van der Waals surface area contributed by atoms with Crippen molar-refractivity contribution in [2.75, 3.05) is 6.61 Å². The van der Waals surface area contributed by atoms with Crippen LogP contribution in [0.4, 0.5) is 0 Å². The fraction of sp³-hybridized carbons (Fsp3) is 0.889. The van der Waals surface area contributed by atoms with E-state index >= 15 is 0 Å². The van der Waals surface area contributed by atoms with Crippen molar-refractivity contribution in [3.63, 3.8) is 0 Å². The van der Waals surface area contributed by atoms with Crippen molar-refractivity contribution < 1.29 is 14.6 Å². The lowest BCUT2D eigenvalue weighted by atomic mass is 9.95. The van der Waals surface area contributed by atoms with Crippen molar-refractivity contribution >= 4 is 5.97 Å². The lowest BCUT2D eigenvalue weighted by molar-refractivity contribution is -0.152. The highest BCUT2D eigenvalue weighted by Crippen LogP contribution is 2.13. The number of hydrogen-bond acceptors (Lipinski definition) is 3. The number of carbonyl (C=O) groups excluding carboxylic acids is 1. The van der Waals surface area contributed by atoms with E-state index in [1.807, 2.05) is 13.8 Å². The van der Waals surface area contributed by atoms with Gasteiger partial charge in [0.25, 0.3) is 0 Å². The average Bonchev–Trinajstić information content (AvgIpc) is 2.02. The molecule has 0 saturated carbocycles. The van der Waals surface area contributed by atoms with Crippen LogP contribution in [0, 0.1) is 11.8 Å². The quantitative estimate of drug-likeness (QED) is 0.651. The van der Waals surface area contributed by atoms with Crippen molar-refractivity contribution in [3.05, 3.63) is 0 Å². The first-order valence-electron chi connectivity index (χ1n) is 4.35. The predicted molar refractivity (Wildman–Crippen MR) is 46.6 cm³/mol. The van der Waals surface area contributed by atoms with Crippen LogP contribution in [-0.2, 0) is 9.53 Å². The zero-order valence-corrected chi connectivity index (χ0v) is 8.20. The number of hydrogen-bond donors (Lipinski definition) is 1. The molecule has 72 valence electrons. The molecule has 0 aliphatic rings. The van der Waals surface area contributed by atoms with Crippen LogP contribution in [0.25, 0.3) is 0 Å². The Morgan fingerprint density at radius 1 is 1.42 bits per heavy atom. The van der Waals surface area contributed by atoms with Gasteiger partial charge in [0, 0.05) is 0 Å². The first-order chi connectivity index (χ1) is 5.50. The molecule has 12 heavy (non-hydrogen) atoms. The Labute approximate surface area is 73.7 Å². The maximum absolute atomic E-state index is 11.1. The minimum absolute atomic E-state index is 0.0874. The molecule has 0 amide bonds. The lowest BCUT2D eigenvalue weighted by Crippen LogP contribution is -2.31. The highest BCUT2D eigenvalue weighted by atomic mass is 16.5. The Morgan fingerprint density at radius 3 is 2.25 bits per heavy atom. The topological polar surface area (TPSA) is 46.5 Å². The molecule has 1 N–H and O–H groups in total. The molecule has 0 rings (SSSR count). The average molecular weight is 174 g/mol. The van der Waals surface area contributed by atoms with Crippen LogP contribution < -0.4 is 0 Å². The van der Waals surface area contributed by atoms with Gasteiger partial charge in [-0.25, -0.2) is 0 Å². The Balaban J connectivity index is 4.00. The molecule has 0 aromatic rings. The minimum atomic E-state index is -0.607. The van der Waals surface area contributed by atoms with Gasteiger partial charge in [0.2, 0.25) is 0 Å². The number of esters is 1. The van der Waals surface area contributed by atoms with Crippen LogP contribution in [0.1, 0.15) is 27.7 Å². The number of rotatable bonds is 4. The van der Waals surface area contributed by atoms with Crippen LogP contribution >= 0.6 is 0 Å². The third-order valence-corrected chi connectivity index (χ3v) is 1.85. The highest BCUT2D eigenvalue weighted by Gasteiger charge is 2.25. The fourth-order valence-electron chi connectivity index (χ4n) is 0.990. The Kier molecular flexibility index (Phi) is 4.90. The van der Waals surface area contributed by atoms with Gasteiger partial charge in [0.15, 0.2) is 0 Å². The molecule has 0 aliphatic carbocycles. The standard InChI is InChI=1S/C9H18O3/c1-5-12-9(11)7(4)8(10)6(2)3/h6-8,10H,5H2,1-4H3/t7-,8+/m1/s1. The van der Waals surface area contributed by atoms with Gasteiger partial charge in [0.05, 0.1) is 18.6 Å². The van der Waals surface area contributed by atoms with Gasteiger partial charge in [-0.2, -0.15) is 0 Å². The van der Waals surface area contributed by atoms with Crippen molar-refractivity contribution in [2.45, 2.75) is 33.8 Å². The second-order valence-corrected chi connectivity index (χ2v) is 3.28. The Bertz CT molecular complexity index is 143. The summed E-state index contributed by atoms with van der Waals surface area (Å²) in [5.74, 6) is -0.659. The molecule has 3 nitrogen and oxygen atoms in total. The summed E-state index contributed by atoms with van der Waals surface area (Å²) in [5, 5.41) is 9.49. The van der Waals surface area contributed by atoms with E-state index in [-0.39, 0.29) is 11.9 Å². The van der Waals surface area contributed by atoms with Crippen LogP contribution in [0.3, 0.4) is 0 Å². The summed E-state index contributed by atoms with van der Waals surface area (Å²) in [6, 6.07) is 0. The zero-order chi connectivity index (χ0) is 9.72. The van der Waals surface area contributed by atoms with Gasteiger partial charge in [0.1, 0.15) is 0 Å². The van der Waals surface area contributed by atoms with Gasteiger partial charge < -0.3 is 9.84 Å². The second kappa shape index (κ2) is 5.14. The highest BCUT2D eigenvalue weighted by molar-refractivity contribution is 5.72. The van der Waals surface area contributed by atoms with Gasteiger partial charge in [-0.1, -0.05) is 13.8 Å². The molecular formula is C9H18O3. The smallest absolute Gasteiger partial charge is 0.311 e. The van der Waals surface area contributed by atoms with E-state index < -0.39 is 12.0 Å². The van der Waals surface area contributed by atoms with E-state index in [0.717, 1.165) is 0 Å². The van der Waals surface area contributed by atoms with Crippen molar-refractivity contribution in [3.8, 4) is 0 Å². The molecule has 0 spiro atoms. The van der Waals surface area contributed by atoms with E-state index in [2.05, 4.69) is 0 Å². The number of aliphatic hydroxyl groups excluding tert-OH is 1. The third-order valence-electron chi connectivity index (χ3n) is 1.85. The summed E-state index contributed by atoms with van der Waals surface area (Å²) < 4.78 is 4.78. The summed E-state index contributed by atoms with van der Waals surface area (Å²) in [4.78, 5) is 11.1. The van der Waals surface area contributed by atoms with E-state index in [9.17, 15) is 9.90 Å². The summed E-state index contributed by atoms with van der Waals surface area (Å²) in [7, 11) is 0. The van der Waals surface area contributed by atoms with E-state index in [1.165, 1.54) is 0 Å². The molecule has 0 heterocycles. The lowest BCUT2D eigenvalue weighted by Gasteiger charge is -2.20. The molecule has 3 heteroatoms. The Hall–Kier alpha value is -0.570. The molecule has 0 saturated heterocycles. The minimum Gasteiger partial charge on any atom is -0.466 e. The van der Waals surface area contributed by atoms with Crippen LogP contribution in [0.2, 0.25) is 0 Å². The van der Waals surface area contributed by atoms with Crippen molar-refractivity contribution in [1.82, 2.24) is 0 Å². The predicted octanol–water partition coefficient (Wildman–Crippen LogP) is 1.20. The maximum Gasteiger partial charge on any atom is 0.311 e. The van der Waals surface area contributed by atoms with Gasteiger partial charge in [-0.3, -0.25) is 4.79 Å². The summed E-state index contributed by atoms with van der Waals surface area (Å²) in [6.45, 7) is 7.56. The molecule has 0 fully saturated rings. The number of ether oxygens (including phenoxy) is 1.